The van der Waals surface area contributed by atoms with Crippen LogP contribution in [-0.4, -0.2) is 18.6 Å². The van der Waals surface area contributed by atoms with Gasteiger partial charge >= 0.3 is 0 Å². The van der Waals surface area contributed by atoms with Crippen LogP contribution < -0.4 is 5.32 Å². The summed E-state index contributed by atoms with van der Waals surface area (Å²) in [7, 11) is 0. The molecule has 0 radical (unpaired) electrons. The quantitative estimate of drug-likeness (QED) is 0.932. The summed E-state index contributed by atoms with van der Waals surface area (Å²) in [5.74, 6) is -0.00193. The molecular weight excluding hydrogens is 282 g/mol. The number of hydrogen-bond acceptors (Lipinski definition) is 2. The molecule has 1 aromatic carbocycles. The first-order valence-corrected chi connectivity index (χ1v) is 6.63. The van der Waals surface area contributed by atoms with Gasteiger partial charge in [-0.05, 0) is 37.5 Å². The molecule has 92 valence electrons. The summed E-state index contributed by atoms with van der Waals surface area (Å²) in [5, 5.41) is 2.98. The minimum Gasteiger partial charge on any atom is -0.368 e. The summed E-state index contributed by atoms with van der Waals surface area (Å²) < 4.78 is 6.39. The lowest BCUT2D eigenvalue weighted by Crippen LogP contribution is -2.35. The molecule has 0 bridgehead atoms. The Kier molecular flexibility index (Phi) is 4.18. The van der Waals surface area contributed by atoms with Crippen LogP contribution in [0.25, 0.3) is 0 Å². The van der Waals surface area contributed by atoms with E-state index in [0.29, 0.717) is 6.61 Å². The highest BCUT2D eigenvalue weighted by molar-refractivity contribution is 9.10. The molecule has 1 amide bonds. The number of nitrogens with one attached hydrogen (secondary N) is 1. The normalized spacial score (nSPS) is 21.2. The average Bonchev–Trinajstić information content (AvgIpc) is 2.83. The molecule has 1 aromatic rings. The van der Waals surface area contributed by atoms with E-state index in [1.165, 1.54) is 0 Å². The minimum atomic E-state index is -0.257. The van der Waals surface area contributed by atoms with Crippen molar-refractivity contribution in [3.63, 3.8) is 0 Å². The molecule has 3 nitrogen and oxygen atoms in total. The molecule has 1 N–H and O–H groups in total. The van der Waals surface area contributed by atoms with Gasteiger partial charge in [0.25, 0.3) is 0 Å². The summed E-state index contributed by atoms with van der Waals surface area (Å²) >= 11 is 3.39. The molecule has 1 aliphatic rings. The number of ether oxygens (including phenoxy) is 1. The highest BCUT2D eigenvalue weighted by Gasteiger charge is 2.24. The van der Waals surface area contributed by atoms with Crippen LogP contribution in [0.4, 0.5) is 0 Å². The fourth-order valence-corrected chi connectivity index (χ4v) is 2.19. The first kappa shape index (κ1) is 12.6. The molecule has 0 spiro atoms. The largest absolute Gasteiger partial charge is 0.368 e. The second kappa shape index (κ2) is 5.65. The van der Waals surface area contributed by atoms with E-state index in [2.05, 4.69) is 21.2 Å². The third kappa shape index (κ3) is 3.30. The third-order valence-corrected chi connectivity index (χ3v) is 3.48. The van der Waals surface area contributed by atoms with Gasteiger partial charge in [0.05, 0.1) is 6.04 Å². The Morgan fingerprint density at radius 2 is 2.18 bits per heavy atom. The van der Waals surface area contributed by atoms with Crippen LogP contribution in [0, 0.1) is 0 Å². The van der Waals surface area contributed by atoms with Crippen molar-refractivity contribution < 1.29 is 9.53 Å². The standard InChI is InChI=1S/C13H16BrNO2/c1-9(10-4-6-11(14)7-5-10)15-13(16)12-3-2-8-17-12/h4-7,9,12H,2-3,8H2,1H3,(H,15,16). The summed E-state index contributed by atoms with van der Waals surface area (Å²) in [4.78, 5) is 11.9. The van der Waals surface area contributed by atoms with Crippen molar-refractivity contribution >= 4 is 21.8 Å². The smallest absolute Gasteiger partial charge is 0.249 e. The van der Waals surface area contributed by atoms with Crippen LogP contribution in [0.1, 0.15) is 31.4 Å². The van der Waals surface area contributed by atoms with E-state index in [-0.39, 0.29) is 18.1 Å². The Morgan fingerprint density at radius 3 is 2.76 bits per heavy atom. The van der Waals surface area contributed by atoms with Crippen molar-refractivity contribution in [3.8, 4) is 0 Å². The van der Waals surface area contributed by atoms with Crippen molar-refractivity contribution in [2.24, 2.45) is 0 Å². The van der Waals surface area contributed by atoms with Gasteiger partial charge in [-0.3, -0.25) is 4.79 Å². The average molecular weight is 298 g/mol. The molecule has 17 heavy (non-hydrogen) atoms. The van der Waals surface area contributed by atoms with Gasteiger partial charge in [0, 0.05) is 11.1 Å². The maximum atomic E-state index is 11.9. The van der Waals surface area contributed by atoms with Gasteiger partial charge in [0.2, 0.25) is 5.91 Å². The SMILES string of the molecule is CC(NC(=O)C1CCCO1)c1ccc(Br)cc1. The van der Waals surface area contributed by atoms with Gasteiger partial charge in [0.15, 0.2) is 0 Å². The predicted octanol–water partition coefficient (Wildman–Crippen LogP) is 2.81. The lowest BCUT2D eigenvalue weighted by molar-refractivity contribution is -0.130. The third-order valence-electron chi connectivity index (χ3n) is 2.95. The first-order valence-electron chi connectivity index (χ1n) is 5.84. The zero-order valence-corrected chi connectivity index (χ0v) is 11.4. The lowest BCUT2D eigenvalue weighted by Gasteiger charge is -2.17. The molecule has 4 heteroatoms. The van der Waals surface area contributed by atoms with E-state index in [1.54, 1.807) is 0 Å². The van der Waals surface area contributed by atoms with Crippen molar-refractivity contribution in [1.29, 1.82) is 0 Å². The Bertz CT molecular complexity index is 385. The second-order valence-corrected chi connectivity index (χ2v) is 5.20. The number of halogens is 1. The highest BCUT2D eigenvalue weighted by Crippen LogP contribution is 2.18. The Hall–Kier alpha value is -0.870. The van der Waals surface area contributed by atoms with E-state index in [9.17, 15) is 4.79 Å². The van der Waals surface area contributed by atoms with Crippen LogP contribution in [0.15, 0.2) is 28.7 Å². The zero-order chi connectivity index (χ0) is 12.3. The van der Waals surface area contributed by atoms with Gasteiger partial charge < -0.3 is 10.1 Å². The van der Waals surface area contributed by atoms with Crippen LogP contribution in [-0.2, 0) is 9.53 Å². The molecule has 1 fully saturated rings. The Labute approximate surface area is 110 Å². The number of amides is 1. The summed E-state index contributed by atoms with van der Waals surface area (Å²) in [6, 6.07) is 7.98. The fraction of sp³-hybridized carbons (Fsp3) is 0.462. The molecule has 2 atom stereocenters. The fourth-order valence-electron chi connectivity index (χ4n) is 1.93. The number of carbonyl (C=O) groups is 1. The molecule has 0 aliphatic carbocycles. The van der Waals surface area contributed by atoms with Crippen LogP contribution >= 0.6 is 15.9 Å². The molecule has 0 aromatic heterocycles. The first-order chi connectivity index (χ1) is 8.16. The van der Waals surface area contributed by atoms with Gasteiger partial charge in [0.1, 0.15) is 6.10 Å². The maximum absolute atomic E-state index is 11.9. The molecular formula is C13H16BrNO2. The van der Waals surface area contributed by atoms with E-state index in [0.717, 1.165) is 22.9 Å². The minimum absolute atomic E-state index is 0.00193. The number of hydrogen-bond donors (Lipinski definition) is 1. The second-order valence-electron chi connectivity index (χ2n) is 4.28. The summed E-state index contributed by atoms with van der Waals surface area (Å²) in [6.07, 6.45) is 1.55. The van der Waals surface area contributed by atoms with Crippen LogP contribution in [0.5, 0.6) is 0 Å². The van der Waals surface area contributed by atoms with E-state index in [4.69, 9.17) is 4.74 Å². The van der Waals surface area contributed by atoms with Gasteiger partial charge in [-0.25, -0.2) is 0 Å². The van der Waals surface area contributed by atoms with Crippen molar-refractivity contribution in [1.82, 2.24) is 5.32 Å². The number of benzene rings is 1. The summed E-state index contributed by atoms with van der Waals surface area (Å²) in [5.41, 5.74) is 1.10. The highest BCUT2D eigenvalue weighted by atomic mass is 79.9. The van der Waals surface area contributed by atoms with E-state index < -0.39 is 0 Å². The lowest BCUT2D eigenvalue weighted by atomic mass is 10.1. The van der Waals surface area contributed by atoms with Crippen LogP contribution in [0.3, 0.4) is 0 Å². The van der Waals surface area contributed by atoms with E-state index >= 15 is 0 Å². The van der Waals surface area contributed by atoms with Crippen molar-refractivity contribution in [2.45, 2.75) is 31.9 Å². The Balaban J connectivity index is 1.93. The van der Waals surface area contributed by atoms with Crippen molar-refractivity contribution in [2.75, 3.05) is 6.61 Å². The number of carbonyl (C=O) groups excluding carboxylic acids is 1. The molecule has 0 saturated carbocycles. The maximum Gasteiger partial charge on any atom is 0.249 e. The molecule has 1 heterocycles. The molecule has 2 unspecified atom stereocenters. The molecule has 1 aliphatic heterocycles. The zero-order valence-electron chi connectivity index (χ0n) is 9.78. The molecule has 1 saturated heterocycles. The molecule has 2 rings (SSSR count). The Morgan fingerprint density at radius 1 is 1.47 bits per heavy atom. The van der Waals surface area contributed by atoms with Gasteiger partial charge in [-0.2, -0.15) is 0 Å². The van der Waals surface area contributed by atoms with Crippen LogP contribution in [0.2, 0.25) is 0 Å². The monoisotopic (exact) mass is 297 g/mol. The van der Waals surface area contributed by atoms with Gasteiger partial charge in [-0.15, -0.1) is 0 Å². The summed E-state index contributed by atoms with van der Waals surface area (Å²) in [6.45, 7) is 2.68. The topological polar surface area (TPSA) is 38.3 Å². The van der Waals surface area contributed by atoms with Crippen molar-refractivity contribution in [3.05, 3.63) is 34.3 Å². The number of rotatable bonds is 3. The van der Waals surface area contributed by atoms with Gasteiger partial charge in [-0.1, -0.05) is 28.1 Å². The predicted molar refractivity (Wildman–Crippen MR) is 69.7 cm³/mol. The van der Waals surface area contributed by atoms with E-state index in [1.807, 2.05) is 31.2 Å².